The Kier molecular flexibility index (Phi) is 6.64. The summed E-state index contributed by atoms with van der Waals surface area (Å²) in [6.07, 6.45) is -10.4. The third-order valence-corrected chi connectivity index (χ3v) is 4.40. The molecule has 0 aromatic heterocycles. The minimum Gasteiger partial charge on any atom is -0.461 e. The lowest BCUT2D eigenvalue weighted by Gasteiger charge is -2.21. The van der Waals surface area contributed by atoms with Crippen molar-refractivity contribution < 1.29 is 35.8 Å². The van der Waals surface area contributed by atoms with Gasteiger partial charge in [0.25, 0.3) is 0 Å². The van der Waals surface area contributed by atoms with Crippen LogP contribution in [0.3, 0.4) is 0 Å². The first kappa shape index (κ1) is 22.1. The lowest BCUT2D eigenvalue weighted by Crippen LogP contribution is -2.16. The van der Waals surface area contributed by atoms with Crippen LogP contribution in [0.2, 0.25) is 0 Å². The summed E-state index contributed by atoms with van der Waals surface area (Å²) in [7, 11) is 1.14. The van der Waals surface area contributed by atoms with E-state index in [-0.39, 0.29) is 17.4 Å². The summed E-state index contributed by atoms with van der Waals surface area (Å²) >= 11 is 0. The van der Waals surface area contributed by atoms with Crippen LogP contribution in [0.5, 0.6) is 5.75 Å². The molecule has 2 aromatic rings. The van der Waals surface area contributed by atoms with Crippen molar-refractivity contribution in [2.45, 2.75) is 44.8 Å². The number of benzene rings is 2. The quantitative estimate of drug-likeness (QED) is 0.381. The van der Waals surface area contributed by atoms with Gasteiger partial charge >= 0.3 is 12.4 Å². The molecule has 0 aliphatic carbocycles. The summed E-state index contributed by atoms with van der Waals surface area (Å²) in [5.74, 6) is 0.579. The maximum absolute atomic E-state index is 13.0. The van der Waals surface area contributed by atoms with Gasteiger partial charge in [-0.15, -0.1) is 0 Å². The normalized spacial score (nSPS) is 14.6. The van der Waals surface area contributed by atoms with E-state index in [4.69, 9.17) is 9.47 Å². The van der Waals surface area contributed by atoms with Gasteiger partial charge in [0, 0.05) is 12.7 Å². The second-order valence-electron chi connectivity index (χ2n) is 6.40. The van der Waals surface area contributed by atoms with Gasteiger partial charge in [-0.25, -0.2) is 0 Å². The molecule has 0 aliphatic heterocycles. The molecule has 0 bridgehead atoms. The molecule has 0 saturated carbocycles. The third kappa shape index (κ3) is 5.41. The molecule has 154 valence electrons. The Labute approximate surface area is 159 Å². The van der Waals surface area contributed by atoms with Crippen molar-refractivity contribution in [2.75, 3.05) is 7.11 Å². The summed E-state index contributed by atoms with van der Waals surface area (Å²) in [5.41, 5.74) is -2.18. The van der Waals surface area contributed by atoms with Crippen LogP contribution in [0, 0.1) is 0 Å². The molecule has 2 unspecified atom stereocenters. The van der Waals surface area contributed by atoms with Crippen molar-refractivity contribution in [2.24, 2.45) is 0 Å². The molecule has 2 atom stereocenters. The Bertz CT molecular complexity index is 749. The number of hydrogen-bond acceptors (Lipinski definition) is 2. The Morgan fingerprint density at radius 3 is 1.71 bits per heavy atom. The fourth-order valence-corrected chi connectivity index (χ4v) is 2.60. The van der Waals surface area contributed by atoms with Gasteiger partial charge in [-0.2, -0.15) is 26.3 Å². The van der Waals surface area contributed by atoms with Crippen molar-refractivity contribution in [1.29, 1.82) is 0 Å². The van der Waals surface area contributed by atoms with E-state index in [9.17, 15) is 26.3 Å². The second-order valence-corrected chi connectivity index (χ2v) is 6.40. The first-order chi connectivity index (χ1) is 13.0. The summed E-state index contributed by atoms with van der Waals surface area (Å²) in [6, 6.07) is 8.05. The molecule has 2 rings (SSSR count). The fourth-order valence-electron chi connectivity index (χ4n) is 2.60. The van der Waals surface area contributed by atoms with Crippen LogP contribution in [0.4, 0.5) is 26.3 Å². The molecule has 0 radical (unpaired) electrons. The van der Waals surface area contributed by atoms with Crippen LogP contribution < -0.4 is 4.74 Å². The molecule has 0 saturated heterocycles. The van der Waals surface area contributed by atoms with Gasteiger partial charge < -0.3 is 9.47 Å². The van der Waals surface area contributed by atoms with Crippen LogP contribution in [0.25, 0.3) is 0 Å². The molecule has 0 amide bonds. The molecule has 0 aliphatic rings. The van der Waals surface area contributed by atoms with Crippen molar-refractivity contribution in [3.63, 3.8) is 0 Å². The molecular weight excluding hydrogens is 386 g/mol. The number of hydrogen-bond donors (Lipinski definition) is 0. The van der Waals surface area contributed by atoms with Crippen molar-refractivity contribution >= 4 is 0 Å². The first-order valence-corrected chi connectivity index (χ1v) is 8.54. The Balaban J connectivity index is 2.37. The standard InChI is InChI=1S/C20H20F6O2/c1-4-12(2)13-5-7-17(8-6-13)28-18(27-3)14-9-15(19(21,22)23)11-16(10-14)20(24,25)26/h5-12,18H,4H2,1-3H3. The van der Waals surface area contributed by atoms with Gasteiger partial charge in [0.05, 0.1) is 11.1 Å². The van der Waals surface area contributed by atoms with Crippen molar-refractivity contribution in [3.05, 3.63) is 64.7 Å². The summed E-state index contributed by atoms with van der Waals surface area (Å²) in [4.78, 5) is 0. The highest BCUT2D eigenvalue weighted by atomic mass is 19.4. The number of alkyl halides is 6. The van der Waals surface area contributed by atoms with E-state index in [1.807, 2.05) is 13.8 Å². The minimum absolute atomic E-state index is 0.0666. The van der Waals surface area contributed by atoms with Gasteiger partial charge in [-0.1, -0.05) is 26.0 Å². The zero-order valence-corrected chi connectivity index (χ0v) is 15.5. The first-order valence-electron chi connectivity index (χ1n) is 8.54. The van der Waals surface area contributed by atoms with Crippen molar-refractivity contribution in [3.8, 4) is 5.75 Å². The Morgan fingerprint density at radius 1 is 0.821 bits per heavy atom. The number of rotatable bonds is 6. The molecule has 2 aromatic carbocycles. The lowest BCUT2D eigenvalue weighted by molar-refractivity contribution is -0.143. The van der Waals surface area contributed by atoms with E-state index in [1.54, 1.807) is 24.3 Å². The largest absolute Gasteiger partial charge is 0.461 e. The number of halogens is 6. The zero-order valence-electron chi connectivity index (χ0n) is 15.5. The molecule has 0 spiro atoms. The topological polar surface area (TPSA) is 18.5 Å². The van der Waals surface area contributed by atoms with Gasteiger partial charge in [-0.3, -0.25) is 0 Å². The SMILES string of the molecule is CCC(C)c1ccc(OC(OC)c2cc(C(F)(F)F)cc(C(F)(F)F)c2)cc1. The monoisotopic (exact) mass is 406 g/mol. The van der Waals surface area contributed by atoms with E-state index < -0.39 is 29.8 Å². The maximum Gasteiger partial charge on any atom is 0.416 e. The molecule has 0 fully saturated rings. The molecule has 0 N–H and O–H groups in total. The van der Waals surface area contributed by atoms with Crippen LogP contribution in [0.1, 0.15) is 54.7 Å². The molecule has 0 heterocycles. The molecule has 2 nitrogen and oxygen atoms in total. The highest BCUT2D eigenvalue weighted by molar-refractivity contribution is 5.35. The molecular formula is C20H20F6O2. The summed E-state index contributed by atoms with van der Waals surface area (Å²) in [5, 5.41) is 0. The van der Waals surface area contributed by atoms with Gasteiger partial charge in [0.15, 0.2) is 0 Å². The van der Waals surface area contributed by atoms with Crippen LogP contribution in [-0.2, 0) is 17.1 Å². The molecule has 28 heavy (non-hydrogen) atoms. The van der Waals surface area contributed by atoms with E-state index in [0.29, 0.717) is 18.1 Å². The summed E-state index contributed by atoms with van der Waals surface area (Å²) < 4.78 is 88.7. The average molecular weight is 406 g/mol. The maximum atomic E-state index is 13.0. The van der Waals surface area contributed by atoms with Crippen LogP contribution >= 0.6 is 0 Å². The van der Waals surface area contributed by atoms with Gasteiger partial charge in [0.1, 0.15) is 5.75 Å². The third-order valence-electron chi connectivity index (χ3n) is 4.40. The lowest BCUT2D eigenvalue weighted by atomic mass is 9.99. The number of ether oxygens (including phenoxy) is 2. The highest BCUT2D eigenvalue weighted by Crippen LogP contribution is 2.38. The zero-order chi connectivity index (χ0) is 21.1. The molecule has 8 heteroatoms. The second kappa shape index (κ2) is 8.43. The fraction of sp³-hybridized carbons (Fsp3) is 0.400. The van der Waals surface area contributed by atoms with E-state index in [1.165, 1.54) is 0 Å². The van der Waals surface area contributed by atoms with E-state index >= 15 is 0 Å². The average Bonchev–Trinajstić information content (AvgIpc) is 2.64. The van der Waals surface area contributed by atoms with Crippen molar-refractivity contribution in [1.82, 2.24) is 0 Å². The Hall–Kier alpha value is -2.22. The van der Waals surface area contributed by atoms with Gasteiger partial charge in [0.2, 0.25) is 6.29 Å². The highest BCUT2D eigenvalue weighted by Gasteiger charge is 2.37. The predicted octanol–water partition coefficient (Wildman–Crippen LogP) is 6.96. The van der Waals surface area contributed by atoms with Crippen LogP contribution in [-0.4, -0.2) is 7.11 Å². The van der Waals surface area contributed by atoms with Crippen LogP contribution in [0.15, 0.2) is 42.5 Å². The predicted molar refractivity (Wildman–Crippen MR) is 92.0 cm³/mol. The van der Waals surface area contributed by atoms with E-state index in [0.717, 1.165) is 19.1 Å². The van der Waals surface area contributed by atoms with E-state index in [2.05, 4.69) is 0 Å². The Morgan fingerprint density at radius 2 is 1.32 bits per heavy atom. The van der Waals surface area contributed by atoms with Gasteiger partial charge in [-0.05, 0) is 48.2 Å². The smallest absolute Gasteiger partial charge is 0.416 e. The minimum atomic E-state index is -4.94. The number of methoxy groups -OCH3 is 1. The summed E-state index contributed by atoms with van der Waals surface area (Å²) in [6.45, 7) is 4.07.